The molecule has 1 aromatic carbocycles. The van der Waals surface area contributed by atoms with Crippen LogP contribution in [0.25, 0.3) is 10.9 Å². The van der Waals surface area contributed by atoms with Gasteiger partial charge in [0.1, 0.15) is 0 Å². The molecule has 1 aliphatic rings. The molecule has 1 saturated heterocycles. The summed E-state index contributed by atoms with van der Waals surface area (Å²) in [7, 11) is 0. The second kappa shape index (κ2) is 6.00. The smallest absolute Gasteiger partial charge is 0.167 e. The Morgan fingerprint density at radius 1 is 1.24 bits per heavy atom. The Bertz CT molecular complexity index is 621. The molecule has 1 aliphatic heterocycles. The van der Waals surface area contributed by atoms with E-state index in [0.29, 0.717) is 13.2 Å². The summed E-state index contributed by atoms with van der Waals surface area (Å²) < 4.78 is 11.3. The van der Waals surface area contributed by atoms with Gasteiger partial charge < -0.3 is 14.8 Å². The first-order chi connectivity index (χ1) is 10.2. The fourth-order valence-electron chi connectivity index (χ4n) is 2.68. The number of para-hydroxylation sites is 1. The molecule has 21 heavy (non-hydrogen) atoms. The van der Waals surface area contributed by atoms with E-state index < -0.39 is 5.79 Å². The topological polar surface area (TPSA) is 43.4 Å². The predicted octanol–water partition coefficient (Wildman–Crippen LogP) is 3.36. The van der Waals surface area contributed by atoms with Crippen LogP contribution in [0.4, 0.5) is 5.69 Å². The van der Waals surface area contributed by atoms with Gasteiger partial charge in [0.15, 0.2) is 5.79 Å². The van der Waals surface area contributed by atoms with Crippen LogP contribution in [0.2, 0.25) is 0 Å². The molecule has 0 radical (unpaired) electrons. The van der Waals surface area contributed by atoms with Crippen LogP contribution in [0.5, 0.6) is 0 Å². The van der Waals surface area contributed by atoms with E-state index in [4.69, 9.17) is 9.47 Å². The van der Waals surface area contributed by atoms with Crippen molar-refractivity contribution in [3.63, 3.8) is 0 Å². The molecule has 0 aliphatic carbocycles. The summed E-state index contributed by atoms with van der Waals surface area (Å²) in [6, 6.07) is 10.4. The quantitative estimate of drug-likeness (QED) is 0.915. The van der Waals surface area contributed by atoms with Crippen molar-refractivity contribution in [2.24, 2.45) is 0 Å². The zero-order valence-electron chi connectivity index (χ0n) is 12.7. The van der Waals surface area contributed by atoms with Crippen LogP contribution >= 0.6 is 0 Å². The van der Waals surface area contributed by atoms with Gasteiger partial charge in [-0.05, 0) is 25.5 Å². The summed E-state index contributed by atoms with van der Waals surface area (Å²) in [6.07, 6.45) is 1.76. The molecule has 1 aromatic heterocycles. The van der Waals surface area contributed by atoms with Gasteiger partial charge in [0.05, 0.1) is 18.7 Å². The van der Waals surface area contributed by atoms with Gasteiger partial charge in [0.2, 0.25) is 0 Å². The maximum atomic E-state index is 5.64. The first-order valence-corrected chi connectivity index (χ1v) is 7.61. The van der Waals surface area contributed by atoms with E-state index in [2.05, 4.69) is 35.4 Å². The Morgan fingerprint density at radius 3 is 2.76 bits per heavy atom. The Hall–Kier alpha value is -1.65. The van der Waals surface area contributed by atoms with Crippen LogP contribution in [0.15, 0.2) is 30.3 Å². The zero-order valence-corrected chi connectivity index (χ0v) is 12.7. The predicted molar refractivity (Wildman–Crippen MR) is 84.5 cm³/mol. The van der Waals surface area contributed by atoms with Gasteiger partial charge in [-0.1, -0.05) is 25.1 Å². The van der Waals surface area contributed by atoms with E-state index in [0.717, 1.165) is 41.7 Å². The highest BCUT2D eigenvalue weighted by Gasteiger charge is 2.30. The minimum atomic E-state index is -0.441. The SMILES string of the molecule is CCc1cc(NCCC2(C)OCCO2)c2ccccc2n1. The molecule has 3 rings (SSSR count). The number of ether oxygens (including phenoxy) is 2. The zero-order chi connectivity index (χ0) is 14.7. The lowest BCUT2D eigenvalue weighted by atomic mass is 10.1. The Labute approximate surface area is 125 Å². The fourth-order valence-corrected chi connectivity index (χ4v) is 2.68. The molecule has 4 nitrogen and oxygen atoms in total. The van der Waals surface area contributed by atoms with Crippen molar-refractivity contribution in [1.82, 2.24) is 4.98 Å². The Balaban J connectivity index is 1.76. The van der Waals surface area contributed by atoms with Gasteiger partial charge >= 0.3 is 0 Å². The molecule has 0 bridgehead atoms. The number of hydrogen-bond donors (Lipinski definition) is 1. The van der Waals surface area contributed by atoms with Crippen LogP contribution in [0.1, 0.15) is 26.0 Å². The summed E-state index contributed by atoms with van der Waals surface area (Å²) in [6.45, 7) is 6.32. The lowest BCUT2D eigenvalue weighted by Crippen LogP contribution is -2.28. The summed E-state index contributed by atoms with van der Waals surface area (Å²) >= 11 is 0. The number of benzene rings is 1. The number of nitrogens with one attached hydrogen (secondary N) is 1. The maximum Gasteiger partial charge on any atom is 0.167 e. The molecule has 112 valence electrons. The van der Waals surface area contributed by atoms with E-state index in [1.807, 2.05) is 19.1 Å². The van der Waals surface area contributed by atoms with E-state index >= 15 is 0 Å². The highest BCUT2D eigenvalue weighted by atomic mass is 16.7. The maximum absolute atomic E-state index is 5.64. The van der Waals surface area contributed by atoms with Crippen molar-refractivity contribution in [3.8, 4) is 0 Å². The highest BCUT2D eigenvalue weighted by Crippen LogP contribution is 2.26. The number of aryl methyl sites for hydroxylation is 1. The molecular formula is C17H22N2O2. The summed E-state index contributed by atoms with van der Waals surface area (Å²) in [5.41, 5.74) is 3.29. The molecule has 2 aromatic rings. The van der Waals surface area contributed by atoms with Gasteiger partial charge in [-0.3, -0.25) is 4.98 Å². The number of anilines is 1. The van der Waals surface area contributed by atoms with Crippen LogP contribution in [0.3, 0.4) is 0 Å². The van der Waals surface area contributed by atoms with Gasteiger partial charge in [0, 0.05) is 29.7 Å². The Morgan fingerprint density at radius 2 is 2.00 bits per heavy atom. The molecule has 1 N–H and O–H groups in total. The average molecular weight is 286 g/mol. The third-order valence-corrected chi connectivity index (χ3v) is 3.92. The largest absolute Gasteiger partial charge is 0.384 e. The van der Waals surface area contributed by atoms with Gasteiger partial charge in [-0.2, -0.15) is 0 Å². The van der Waals surface area contributed by atoms with Gasteiger partial charge in [0.25, 0.3) is 0 Å². The van der Waals surface area contributed by atoms with Crippen LogP contribution in [-0.2, 0) is 15.9 Å². The molecule has 0 spiro atoms. The van der Waals surface area contributed by atoms with Crippen molar-refractivity contribution < 1.29 is 9.47 Å². The van der Waals surface area contributed by atoms with Crippen molar-refractivity contribution >= 4 is 16.6 Å². The molecular weight excluding hydrogens is 264 g/mol. The Kier molecular flexibility index (Phi) is 4.08. The van der Waals surface area contributed by atoms with Gasteiger partial charge in [-0.15, -0.1) is 0 Å². The van der Waals surface area contributed by atoms with E-state index in [9.17, 15) is 0 Å². The number of hydrogen-bond acceptors (Lipinski definition) is 4. The second-order valence-electron chi connectivity index (χ2n) is 5.54. The third kappa shape index (κ3) is 3.17. The molecule has 0 unspecified atom stereocenters. The number of fused-ring (bicyclic) bond motifs is 1. The molecule has 0 saturated carbocycles. The number of pyridine rings is 1. The summed E-state index contributed by atoms with van der Waals surface area (Å²) in [5, 5.41) is 4.67. The number of nitrogens with zero attached hydrogens (tertiary/aromatic N) is 1. The third-order valence-electron chi connectivity index (χ3n) is 3.92. The molecule has 4 heteroatoms. The van der Waals surface area contributed by atoms with Crippen LogP contribution in [0, 0.1) is 0 Å². The standard InChI is InChI=1S/C17H22N2O2/c1-3-13-12-16(14-6-4-5-7-15(14)19-13)18-9-8-17(2)20-10-11-21-17/h4-7,12H,3,8-11H2,1-2H3,(H,18,19). The van der Waals surface area contributed by atoms with Crippen molar-refractivity contribution in [3.05, 3.63) is 36.0 Å². The van der Waals surface area contributed by atoms with E-state index in [1.54, 1.807) is 0 Å². The molecule has 2 heterocycles. The van der Waals surface area contributed by atoms with E-state index in [-0.39, 0.29) is 0 Å². The first-order valence-electron chi connectivity index (χ1n) is 7.61. The van der Waals surface area contributed by atoms with Crippen LogP contribution in [-0.4, -0.2) is 30.5 Å². The average Bonchev–Trinajstić information content (AvgIpc) is 2.93. The van der Waals surface area contributed by atoms with E-state index in [1.165, 1.54) is 0 Å². The van der Waals surface area contributed by atoms with Gasteiger partial charge in [-0.25, -0.2) is 0 Å². The monoisotopic (exact) mass is 286 g/mol. The normalized spacial score (nSPS) is 17.2. The lowest BCUT2D eigenvalue weighted by Gasteiger charge is -2.22. The van der Waals surface area contributed by atoms with Crippen molar-refractivity contribution in [1.29, 1.82) is 0 Å². The minimum absolute atomic E-state index is 0.441. The van der Waals surface area contributed by atoms with Crippen LogP contribution < -0.4 is 5.32 Å². The van der Waals surface area contributed by atoms with Crippen molar-refractivity contribution in [2.45, 2.75) is 32.5 Å². The summed E-state index contributed by atoms with van der Waals surface area (Å²) in [4.78, 5) is 4.66. The number of rotatable bonds is 5. The molecule has 0 amide bonds. The molecule has 0 atom stereocenters. The first kappa shape index (κ1) is 14.3. The highest BCUT2D eigenvalue weighted by molar-refractivity contribution is 5.91. The minimum Gasteiger partial charge on any atom is -0.384 e. The number of aromatic nitrogens is 1. The summed E-state index contributed by atoms with van der Waals surface area (Å²) in [5.74, 6) is -0.441. The second-order valence-corrected chi connectivity index (χ2v) is 5.54. The molecule has 1 fully saturated rings. The fraction of sp³-hybridized carbons (Fsp3) is 0.471. The lowest BCUT2D eigenvalue weighted by molar-refractivity contribution is -0.144. The van der Waals surface area contributed by atoms with Crippen molar-refractivity contribution in [2.75, 3.05) is 25.1 Å².